The van der Waals surface area contributed by atoms with Crippen molar-refractivity contribution in [2.75, 3.05) is 11.5 Å². The molecule has 2 rings (SSSR count). The Kier molecular flexibility index (Phi) is 2.48. The second kappa shape index (κ2) is 3.78. The highest BCUT2D eigenvalue weighted by molar-refractivity contribution is 5.70. The van der Waals surface area contributed by atoms with Gasteiger partial charge < -0.3 is 16.2 Å². The van der Waals surface area contributed by atoms with Crippen molar-refractivity contribution in [2.24, 2.45) is 0 Å². The number of rotatable bonds is 2. The Morgan fingerprint density at radius 2 is 1.86 bits per heavy atom. The van der Waals surface area contributed by atoms with Crippen LogP contribution in [0, 0.1) is 0 Å². The molecule has 0 radical (unpaired) electrons. The maximum atomic E-state index is 5.81. The van der Waals surface area contributed by atoms with Crippen LogP contribution in [0.15, 0.2) is 18.2 Å². The van der Waals surface area contributed by atoms with Gasteiger partial charge in [-0.3, -0.25) is 0 Å². The number of anilines is 2. The van der Waals surface area contributed by atoms with Gasteiger partial charge in [-0.1, -0.05) is 6.07 Å². The molecule has 1 aliphatic rings. The third-order valence-electron chi connectivity index (χ3n) is 2.70. The van der Waals surface area contributed by atoms with Crippen LogP contribution in [-0.2, 0) is 0 Å². The summed E-state index contributed by atoms with van der Waals surface area (Å²) >= 11 is 0. The van der Waals surface area contributed by atoms with Gasteiger partial charge >= 0.3 is 0 Å². The van der Waals surface area contributed by atoms with E-state index < -0.39 is 0 Å². The molecular formula is C11H16N2O. The molecule has 0 aromatic heterocycles. The first-order chi connectivity index (χ1) is 6.77. The molecule has 3 heteroatoms. The quantitative estimate of drug-likeness (QED) is 0.706. The van der Waals surface area contributed by atoms with Crippen LogP contribution in [0.4, 0.5) is 11.4 Å². The van der Waals surface area contributed by atoms with Gasteiger partial charge in [-0.05, 0) is 37.8 Å². The summed E-state index contributed by atoms with van der Waals surface area (Å²) in [5, 5.41) is 0. The summed E-state index contributed by atoms with van der Waals surface area (Å²) in [5.41, 5.74) is 12.7. The van der Waals surface area contributed by atoms with Crippen molar-refractivity contribution in [2.45, 2.75) is 31.8 Å². The van der Waals surface area contributed by atoms with E-state index in [4.69, 9.17) is 16.2 Å². The normalized spacial score (nSPS) is 17.1. The Morgan fingerprint density at radius 3 is 2.57 bits per heavy atom. The highest BCUT2D eigenvalue weighted by atomic mass is 16.5. The third-order valence-corrected chi connectivity index (χ3v) is 2.70. The highest BCUT2D eigenvalue weighted by Crippen LogP contribution is 2.31. The summed E-state index contributed by atoms with van der Waals surface area (Å²) < 4.78 is 5.78. The maximum absolute atomic E-state index is 5.81. The minimum absolute atomic E-state index is 0.332. The van der Waals surface area contributed by atoms with Gasteiger partial charge in [-0.15, -0.1) is 0 Å². The Bertz CT molecular complexity index is 319. The van der Waals surface area contributed by atoms with E-state index >= 15 is 0 Å². The number of ether oxygens (including phenoxy) is 1. The summed E-state index contributed by atoms with van der Waals surface area (Å²) in [6, 6.07) is 5.54. The smallest absolute Gasteiger partial charge is 0.144 e. The van der Waals surface area contributed by atoms with Gasteiger partial charge in [0.2, 0.25) is 0 Å². The molecule has 0 spiro atoms. The zero-order valence-corrected chi connectivity index (χ0v) is 8.20. The molecule has 0 heterocycles. The van der Waals surface area contributed by atoms with E-state index in [1.54, 1.807) is 6.07 Å². The molecule has 1 saturated carbocycles. The van der Waals surface area contributed by atoms with Crippen LogP contribution in [0.5, 0.6) is 5.75 Å². The average molecular weight is 192 g/mol. The highest BCUT2D eigenvalue weighted by Gasteiger charge is 2.17. The second-order valence-corrected chi connectivity index (χ2v) is 3.78. The Labute approximate surface area is 84.0 Å². The number of hydrogen-bond donors (Lipinski definition) is 2. The van der Waals surface area contributed by atoms with E-state index in [-0.39, 0.29) is 0 Å². The van der Waals surface area contributed by atoms with E-state index in [1.165, 1.54) is 12.8 Å². The lowest BCUT2D eigenvalue weighted by molar-refractivity contribution is 0.211. The Hall–Kier alpha value is -1.38. The number of nitrogen functional groups attached to an aromatic ring is 2. The Balaban J connectivity index is 2.11. The largest absolute Gasteiger partial charge is 0.488 e. The van der Waals surface area contributed by atoms with Gasteiger partial charge in [0.15, 0.2) is 0 Å². The van der Waals surface area contributed by atoms with E-state index in [0.29, 0.717) is 17.5 Å². The maximum Gasteiger partial charge on any atom is 0.144 e. The molecule has 14 heavy (non-hydrogen) atoms. The van der Waals surface area contributed by atoms with Crippen molar-refractivity contribution in [1.29, 1.82) is 0 Å². The molecule has 0 atom stereocenters. The van der Waals surface area contributed by atoms with Gasteiger partial charge in [-0.25, -0.2) is 0 Å². The van der Waals surface area contributed by atoms with Crippen LogP contribution in [0.1, 0.15) is 25.7 Å². The fourth-order valence-corrected chi connectivity index (χ4v) is 1.85. The van der Waals surface area contributed by atoms with Crippen LogP contribution >= 0.6 is 0 Å². The molecule has 76 valence electrons. The summed E-state index contributed by atoms with van der Waals surface area (Å²) in [7, 11) is 0. The van der Waals surface area contributed by atoms with E-state index in [0.717, 1.165) is 18.6 Å². The lowest BCUT2D eigenvalue weighted by atomic mass is 10.2. The van der Waals surface area contributed by atoms with E-state index in [9.17, 15) is 0 Å². The van der Waals surface area contributed by atoms with Crippen LogP contribution in [0.2, 0.25) is 0 Å². The molecule has 0 bridgehead atoms. The molecular weight excluding hydrogens is 176 g/mol. The van der Waals surface area contributed by atoms with Gasteiger partial charge in [0.05, 0.1) is 17.5 Å². The van der Waals surface area contributed by atoms with Crippen LogP contribution < -0.4 is 16.2 Å². The van der Waals surface area contributed by atoms with Crippen LogP contribution in [0.25, 0.3) is 0 Å². The van der Waals surface area contributed by atoms with Crippen LogP contribution in [-0.4, -0.2) is 6.10 Å². The lowest BCUT2D eigenvalue weighted by Crippen LogP contribution is -2.12. The summed E-state index contributed by atoms with van der Waals surface area (Å²) in [5.74, 6) is 0.733. The fraction of sp³-hybridized carbons (Fsp3) is 0.455. The van der Waals surface area contributed by atoms with Gasteiger partial charge in [0.1, 0.15) is 5.75 Å². The zero-order chi connectivity index (χ0) is 9.97. The standard InChI is InChI=1S/C11H16N2O/c12-9-6-3-7-10(11(9)13)14-8-4-1-2-5-8/h3,6-8H,1-2,4-5,12-13H2. The van der Waals surface area contributed by atoms with Gasteiger partial charge in [-0.2, -0.15) is 0 Å². The fourth-order valence-electron chi connectivity index (χ4n) is 1.85. The molecule has 0 amide bonds. The number of para-hydroxylation sites is 1. The minimum atomic E-state index is 0.332. The van der Waals surface area contributed by atoms with Crippen molar-refractivity contribution in [3.63, 3.8) is 0 Å². The molecule has 0 saturated heterocycles. The molecule has 0 aliphatic heterocycles. The van der Waals surface area contributed by atoms with E-state index in [1.807, 2.05) is 12.1 Å². The number of benzene rings is 1. The van der Waals surface area contributed by atoms with Crippen molar-refractivity contribution >= 4 is 11.4 Å². The third kappa shape index (κ3) is 1.76. The molecule has 0 unspecified atom stereocenters. The summed E-state index contributed by atoms with van der Waals surface area (Å²) in [6.07, 6.45) is 5.11. The van der Waals surface area contributed by atoms with E-state index in [2.05, 4.69) is 0 Å². The predicted molar refractivity (Wildman–Crippen MR) is 58.2 cm³/mol. The molecule has 4 N–H and O–H groups in total. The van der Waals surface area contributed by atoms with Crippen molar-refractivity contribution in [3.05, 3.63) is 18.2 Å². The first kappa shape index (κ1) is 9.19. The van der Waals surface area contributed by atoms with Crippen molar-refractivity contribution in [1.82, 2.24) is 0 Å². The average Bonchev–Trinajstić information content (AvgIpc) is 2.66. The minimum Gasteiger partial charge on any atom is -0.488 e. The Morgan fingerprint density at radius 1 is 1.14 bits per heavy atom. The molecule has 1 fully saturated rings. The van der Waals surface area contributed by atoms with Crippen molar-refractivity contribution in [3.8, 4) is 5.75 Å². The van der Waals surface area contributed by atoms with Gasteiger partial charge in [0.25, 0.3) is 0 Å². The van der Waals surface area contributed by atoms with Crippen LogP contribution in [0.3, 0.4) is 0 Å². The SMILES string of the molecule is Nc1cccc(OC2CCCC2)c1N. The summed E-state index contributed by atoms with van der Waals surface area (Å²) in [6.45, 7) is 0. The molecule has 1 aromatic carbocycles. The second-order valence-electron chi connectivity index (χ2n) is 3.78. The molecule has 3 nitrogen and oxygen atoms in total. The summed E-state index contributed by atoms with van der Waals surface area (Å²) in [4.78, 5) is 0. The molecule has 1 aliphatic carbocycles. The van der Waals surface area contributed by atoms with Gasteiger partial charge in [0, 0.05) is 0 Å². The predicted octanol–water partition coefficient (Wildman–Crippen LogP) is 2.17. The van der Waals surface area contributed by atoms with Crippen molar-refractivity contribution < 1.29 is 4.74 Å². The number of hydrogen-bond acceptors (Lipinski definition) is 3. The monoisotopic (exact) mass is 192 g/mol. The first-order valence-electron chi connectivity index (χ1n) is 5.08. The first-order valence-corrected chi connectivity index (χ1v) is 5.08. The zero-order valence-electron chi connectivity index (χ0n) is 8.20. The number of nitrogens with two attached hydrogens (primary N) is 2. The topological polar surface area (TPSA) is 61.3 Å². The molecule has 1 aromatic rings. The lowest BCUT2D eigenvalue weighted by Gasteiger charge is -2.15.